The van der Waals surface area contributed by atoms with Crippen LogP contribution in [0.25, 0.3) is 0 Å². The first-order chi connectivity index (χ1) is 16.7. The van der Waals surface area contributed by atoms with Gasteiger partial charge in [0.25, 0.3) is 17.7 Å². The van der Waals surface area contributed by atoms with Crippen molar-refractivity contribution in [1.29, 1.82) is 5.26 Å². The minimum atomic E-state index is -1.18. The molecule has 1 aliphatic heterocycles. The number of carboxylic acids is 1. The van der Waals surface area contributed by atoms with Crippen LogP contribution in [0.5, 0.6) is 0 Å². The van der Waals surface area contributed by atoms with Gasteiger partial charge in [0.1, 0.15) is 6.04 Å². The lowest BCUT2D eigenvalue weighted by molar-refractivity contribution is -0.139. The van der Waals surface area contributed by atoms with Crippen LogP contribution in [0.3, 0.4) is 0 Å². The van der Waals surface area contributed by atoms with E-state index in [2.05, 4.69) is 5.32 Å². The molecular formula is C27H21N3O5. The van der Waals surface area contributed by atoms with Gasteiger partial charge in [0.15, 0.2) is 0 Å². The van der Waals surface area contributed by atoms with E-state index in [1.807, 2.05) is 12.1 Å². The predicted octanol–water partition coefficient (Wildman–Crippen LogP) is 3.40. The molecule has 0 bridgehead atoms. The zero-order chi connectivity index (χ0) is 25.3. The number of hydrogen-bond donors (Lipinski definition) is 2. The number of carbonyl (C=O) groups is 4. The molecule has 0 unspecified atom stereocenters. The third-order valence-electron chi connectivity index (χ3n) is 5.96. The largest absolute Gasteiger partial charge is 0.480 e. The van der Waals surface area contributed by atoms with Crippen LogP contribution in [-0.2, 0) is 11.2 Å². The van der Waals surface area contributed by atoms with Crippen molar-refractivity contribution in [3.63, 3.8) is 0 Å². The summed E-state index contributed by atoms with van der Waals surface area (Å²) in [5.41, 5.74) is 3.54. The molecule has 0 saturated heterocycles. The van der Waals surface area contributed by atoms with Gasteiger partial charge in [-0.3, -0.25) is 14.4 Å². The van der Waals surface area contributed by atoms with Crippen molar-refractivity contribution >= 4 is 29.4 Å². The van der Waals surface area contributed by atoms with Crippen LogP contribution in [0, 0.1) is 25.2 Å². The van der Waals surface area contributed by atoms with Gasteiger partial charge in [0.05, 0.1) is 28.4 Å². The Morgan fingerprint density at radius 2 is 1.60 bits per heavy atom. The molecule has 0 radical (unpaired) electrons. The first kappa shape index (κ1) is 23.4. The van der Waals surface area contributed by atoms with Crippen LogP contribution in [0.15, 0.2) is 60.7 Å². The number of carbonyl (C=O) groups excluding carboxylic acids is 3. The summed E-state index contributed by atoms with van der Waals surface area (Å²) >= 11 is 0. The van der Waals surface area contributed by atoms with Gasteiger partial charge in [-0.15, -0.1) is 0 Å². The summed E-state index contributed by atoms with van der Waals surface area (Å²) < 4.78 is 0. The van der Waals surface area contributed by atoms with Crippen LogP contribution in [0.1, 0.15) is 53.3 Å². The van der Waals surface area contributed by atoms with E-state index < -0.39 is 29.7 Å². The van der Waals surface area contributed by atoms with E-state index in [4.69, 9.17) is 5.26 Å². The number of amides is 3. The molecule has 3 aromatic rings. The lowest BCUT2D eigenvalue weighted by Gasteiger charge is -2.18. The van der Waals surface area contributed by atoms with Gasteiger partial charge in [0.2, 0.25) is 0 Å². The van der Waals surface area contributed by atoms with E-state index in [-0.39, 0.29) is 23.1 Å². The fourth-order valence-electron chi connectivity index (χ4n) is 4.16. The Hall–Kier alpha value is -4.77. The fraction of sp³-hybridized carbons (Fsp3) is 0.148. The maximum Gasteiger partial charge on any atom is 0.326 e. The first-order valence-electron chi connectivity index (χ1n) is 10.8. The van der Waals surface area contributed by atoms with Gasteiger partial charge in [-0.25, -0.2) is 9.69 Å². The van der Waals surface area contributed by atoms with Gasteiger partial charge >= 0.3 is 5.97 Å². The van der Waals surface area contributed by atoms with E-state index in [1.54, 1.807) is 50.2 Å². The Morgan fingerprint density at radius 3 is 2.20 bits per heavy atom. The van der Waals surface area contributed by atoms with Crippen LogP contribution in [-0.4, -0.2) is 34.8 Å². The van der Waals surface area contributed by atoms with Crippen LogP contribution < -0.4 is 10.2 Å². The number of rotatable bonds is 6. The molecule has 3 amide bonds. The first-order valence-corrected chi connectivity index (χ1v) is 10.8. The number of fused-ring (bicyclic) bond motifs is 1. The van der Waals surface area contributed by atoms with Gasteiger partial charge in [0, 0.05) is 12.0 Å². The Morgan fingerprint density at radius 1 is 0.971 bits per heavy atom. The number of nitriles is 1. The van der Waals surface area contributed by atoms with Gasteiger partial charge < -0.3 is 10.4 Å². The Labute approximate surface area is 201 Å². The molecular weight excluding hydrogens is 446 g/mol. The highest BCUT2D eigenvalue weighted by Gasteiger charge is 2.36. The minimum absolute atomic E-state index is 0.0138. The molecule has 1 atom stereocenters. The molecule has 0 aliphatic carbocycles. The quantitative estimate of drug-likeness (QED) is 0.535. The van der Waals surface area contributed by atoms with Crippen molar-refractivity contribution in [3.8, 4) is 6.07 Å². The SMILES string of the molecule is Cc1cccc(C)c1C(=O)N[C@@H](Cc1ccc(N2C(=O)c3ccc(C#N)cc3C2=O)cc1)C(=O)O. The van der Waals surface area contributed by atoms with Gasteiger partial charge in [-0.1, -0.05) is 30.3 Å². The molecule has 0 saturated carbocycles. The molecule has 8 heteroatoms. The second kappa shape index (κ2) is 9.23. The van der Waals surface area contributed by atoms with Crippen molar-refractivity contribution in [1.82, 2.24) is 5.32 Å². The highest BCUT2D eigenvalue weighted by Crippen LogP contribution is 2.29. The van der Waals surface area contributed by atoms with Gasteiger partial charge in [-0.2, -0.15) is 5.26 Å². The average molecular weight is 467 g/mol. The van der Waals surface area contributed by atoms with Crippen molar-refractivity contribution in [3.05, 3.63) is 99.6 Å². The lowest BCUT2D eigenvalue weighted by Crippen LogP contribution is -2.42. The smallest absolute Gasteiger partial charge is 0.326 e. The summed E-state index contributed by atoms with van der Waals surface area (Å²) in [6, 6.07) is 16.8. The second-order valence-corrected chi connectivity index (χ2v) is 8.32. The van der Waals surface area contributed by atoms with E-state index in [0.29, 0.717) is 16.8 Å². The standard InChI is InChI=1S/C27H21N3O5/c1-15-4-3-5-16(2)23(15)24(31)29-22(27(34)35)13-17-6-9-19(10-7-17)30-25(32)20-11-8-18(14-28)12-21(20)26(30)33/h3-12,22H,13H2,1-2H3,(H,29,31)(H,34,35)/t22-/m0/s1. The van der Waals surface area contributed by atoms with Crippen LogP contribution >= 0.6 is 0 Å². The molecule has 0 spiro atoms. The number of nitrogens with one attached hydrogen (secondary N) is 1. The summed E-state index contributed by atoms with van der Waals surface area (Å²) in [5.74, 6) is -2.67. The van der Waals surface area contributed by atoms with Crippen molar-refractivity contribution in [2.45, 2.75) is 26.3 Å². The highest BCUT2D eigenvalue weighted by molar-refractivity contribution is 6.34. The molecule has 0 aromatic heterocycles. The number of aryl methyl sites for hydroxylation is 2. The Balaban J connectivity index is 1.52. The minimum Gasteiger partial charge on any atom is -0.480 e. The zero-order valence-electron chi connectivity index (χ0n) is 19.0. The third kappa shape index (κ3) is 4.39. The van der Waals surface area contributed by atoms with Crippen molar-refractivity contribution in [2.24, 2.45) is 0 Å². The van der Waals surface area contributed by atoms with Crippen molar-refractivity contribution in [2.75, 3.05) is 4.90 Å². The maximum absolute atomic E-state index is 12.8. The predicted molar refractivity (Wildman–Crippen MR) is 127 cm³/mol. The Kier molecular flexibility index (Phi) is 6.17. The monoisotopic (exact) mass is 467 g/mol. The summed E-state index contributed by atoms with van der Waals surface area (Å²) in [5, 5.41) is 21.3. The molecule has 174 valence electrons. The number of hydrogen-bond acceptors (Lipinski definition) is 5. The normalized spacial score (nSPS) is 13.2. The molecule has 8 nitrogen and oxygen atoms in total. The van der Waals surface area contributed by atoms with Gasteiger partial charge in [-0.05, 0) is 60.9 Å². The highest BCUT2D eigenvalue weighted by atomic mass is 16.4. The molecule has 0 fully saturated rings. The second-order valence-electron chi connectivity index (χ2n) is 8.32. The molecule has 35 heavy (non-hydrogen) atoms. The number of nitrogens with zero attached hydrogens (tertiary/aromatic N) is 2. The molecule has 2 N–H and O–H groups in total. The molecule has 1 aliphatic rings. The van der Waals surface area contributed by atoms with E-state index >= 15 is 0 Å². The topological polar surface area (TPSA) is 128 Å². The Bertz CT molecular complexity index is 1400. The number of aliphatic carboxylic acids is 1. The number of anilines is 1. The summed E-state index contributed by atoms with van der Waals surface area (Å²) in [6.45, 7) is 3.58. The summed E-state index contributed by atoms with van der Waals surface area (Å²) in [4.78, 5) is 51.2. The zero-order valence-corrected chi connectivity index (χ0v) is 19.0. The van der Waals surface area contributed by atoms with E-state index in [1.165, 1.54) is 18.2 Å². The fourth-order valence-corrected chi connectivity index (χ4v) is 4.16. The summed E-state index contributed by atoms with van der Waals surface area (Å²) in [7, 11) is 0. The maximum atomic E-state index is 12.8. The van der Waals surface area contributed by atoms with Crippen molar-refractivity contribution < 1.29 is 24.3 Å². The third-order valence-corrected chi connectivity index (χ3v) is 5.96. The average Bonchev–Trinajstić information content (AvgIpc) is 3.08. The number of benzene rings is 3. The van der Waals surface area contributed by atoms with Crippen LogP contribution in [0.2, 0.25) is 0 Å². The number of carboxylic acid groups (broad SMARTS) is 1. The number of imide groups is 1. The summed E-state index contributed by atoms with van der Waals surface area (Å²) in [6.07, 6.45) is 0.0138. The molecule has 3 aromatic carbocycles. The van der Waals surface area contributed by atoms with E-state index in [9.17, 15) is 24.3 Å². The molecule has 4 rings (SSSR count). The van der Waals surface area contributed by atoms with E-state index in [0.717, 1.165) is 16.0 Å². The van der Waals surface area contributed by atoms with Crippen LogP contribution in [0.4, 0.5) is 5.69 Å². The lowest BCUT2D eigenvalue weighted by atomic mass is 10.0. The molecule has 1 heterocycles.